The topological polar surface area (TPSA) is 64.6 Å². The Kier molecular flexibility index (Phi) is 5.44. The minimum atomic E-state index is -0.373. The molecule has 0 spiro atoms. The van der Waals surface area contributed by atoms with Crippen molar-refractivity contribution < 1.29 is 9.90 Å². The number of aliphatic hydroxyl groups excluding tert-OH is 1. The van der Waals surface area contributed by atoms with Crippen molar-refractivity contribution in [3.8, 4) is 0 Å². The van der Waals surface area contributed by atoms with Crippen LogP contribution in [0.4, 0.5) is 4.79 Å². The van der Waals surface area contributed by atoms with Crippen LogP contribution in [0.3, 0.4) is 0 Å². The van der Waals surface area contributed by atoms with Gasteiger partial charge >= 0.3 is 6.03 Å². The van der Waals surface area contributed by atoms with Crippen LogP contribution in [0.25, 0.3) is 0 Å². The second-order valence-electron chi connectivity index (χ2n) is 7.51. The molecule has 3 N–H and O–H groups in total. The molecule has 1 aliphatic heterocycles. The van der Waals surface area contributed by atoms with Gasteiger partial charge in [-0.3, -0.25) is 0 Å². The van der Waals surface area contributed by atoms with E-state index in [0.29, 0.717) is 13.0 Å². The maximum atomic E-state index is 12.2. The first-order chi connectivity index (χ1) is 9.01. The number of hydrogen-bond acceptors (Lipinski definition) is 3. The first-order valence-electron chi connectivity index (χ1n) is 7.50. The van der Waals surface area contributed by atoms with Gasteiger partial charge in [-0.15, -0.1) is 0 Å². The van der Waals surface area contributed by atoms with E-state index >= 15 is 0 Å². The van der Waals surface area contributed by atoms with Gasteiger partial charge in [-0.2, -0.15) is 0 Å². The Bertz CT molecular complexity index is 324. The minimum Gasteiger partial charge on any atom is -0.393 e. The van der Waals surface area contributed by atoms with Crippen LogP contribution in [0.5, 0.6) is 0 Å². The normalized spacial score (nSPS) is 23.1. The van der Waals surface area contributed by atoms with Crippen molar-refractivity contribution in [2.24, 2.45) is 0 Å². The molecule has 0 bridgehead atoms. The lowest BCUT2D eigenvalue weighted by Gasteiger charge is -2.46. The Labute approximate surface area is 123 Å². The Morgan fingerprint density at radius 1 is 1.35 bits per heavy atom. The summed E-state index contributed by atoms with van der Waals surface area (Å²) in [4.78, 5) is 13.8. The molecule has 2 amide bonds. The Balaban J connectivity index is 2.52. The molecule has 0 saturated carbocycles. The maximum absolute atomic E-state index is 12.2. The van der Waals surface area contributed by atoms with Crippen LogP contribution in [0.15, 0.2) is 0 Å². The number of piperidine rings is 1. The van der Waals surface area contributed by atoms with Crippen LogP contribution < -0.4 is 10.6 Å². The largest absolute Gasteiger partial charge is 0.393 e. The summed E-state index contributed by atoms with van der Waals surface area (Å²) in [5.41, 5.74) is 0.0514. The number of nitrogens with zero attached hydrogens (tertiary/aromatic N) is 1. The van der Waals surface area contributed by atoms with E-state index in [1.54, 1.807) is 18.9 Å². The number of amides is 2. The third kappa shape index (κ3) is 5.67. The standard InChI is InChI=1S/C15H31N3O2/c1-11(19)7-8-18(6)13(20)16-12-9-14(2,3)17-15(4,5)10-12/h11-12,17,19H,7-10H2,1-6H3,(H,16,20). The number of nitrogens with one attached hydrogen (secondary N) is 2. The zero-order valence-electron chi connectivity index (χ0n) is 13.8. The molecule has 1 heterocycles. The average Bonchev–Trinajstić information content (AvgIpc) is 2.20. The first kappa shape index (κ1) is 17.2. The zero-order chi connectivity index (χ0) is 15.6. The predicted octanol–water partition coefficient (Wildman–Crippen LogP) is 1.71. The number of urea groups is 1. The van der Waals surface area contributed by atoms with Gasteiger partial charge < -0.3 is 20.6 Å². The van der Waals surface area contributed by atoms with Gasteiger partial charge in [0.1, 0.15) is 0 Å². The molecule has 5 heteroatoms. The number of carbonyl (C=O) groups excluding carboxylic acids is 1. The predicted molar refractivity (Wildman–Crippen MR) is 81.8 cm³/mol. The summed E-state index contributed by atoms with van der Waals surface area (Å²) >= 11 is 0. The minimum absolute atomic E-state index is 0.0257. The monoisotopic (exact) mass is 285 g/mol. The molecular formula is C15H31N3O2. The van der Waals surface area contributed by atoms with Crippen LogP contribution in [0.2, 0.25) is 0 Å². The molecule has 0 radical (unpaired) electrons. The van der Waals surface area contributed by atoms with E-state index in [-0.39, 0.29) is 29.3 Å². The molecule has 1 rings (SSSR count). The van der Waals surface area contributed by atoms with Crippen molar-refractivity contribution in [3.63, 3.8) is 0 Å². The molecule has 0 aromatic heterocycles. The molecule has 20 heavy (non-hydrogen) atoms. The van der Waals surface area contributed by atoms with E-state index in [0.717, 1.165) is 12.8 Å². The van der Waals surface area contributed by atoms with Gasteiger partial charge in [0.15, 0.2) is 0 Å². The highest BCUT2D eigenvalue weighted by Crippen LogP contribution is 2.28. The van der Waals surface area contributed by atoms with Gasteiger partial charge in [0.05, 0.1) is 6.10 Å². The molecule has 0 aromatic rings. The molecule has 1 unspecified atom stereocenters. The van der Waals surface area contributed by atoms with Crippen molar-refractivity contribution in [1.29, 1.82) is 0 Å². The summed E-state index contributed by atoms with van der Waals surface area (Å²) in [5.74, 6) is 0. The van der Waals surface area contributed by atoms with Gasteiger partial charge in [-0.1, -0.05) is 0 Å². The Morgan fingerprint density at radius 3 is 2.30 bits per heavy atom. The second-order valence-corrected chi connectivity index (χ2v) is 7.51. The molecule has 1 saturated heterocycles. The van der Waals surface area contributed by atoms with Gasteiger partial charge in [0.2, 0.25) is 0 Å². The Morgan fingerprint density at radius 2 is 1.85 bits per heavy atom. The molecule has 0 aliphatic carbocycles. The van der Waals surface area contributed by atoms with Crippen molar-refractivity contribution in [2.45, 2.75) is 77.1 Å². The van der Waals surface area contributed by atoms with Crippen molar-refractivity contribution in [1.82, 2.24) is 15.5 Å². The van der Waals surface area contributed by atoms with Crippen LogP contribution >= 0.6 is 0 Å². The maximum Gasteiger partial charge on any atom is 0.317 e. The average molecular weight is 285 g/mol. The summed E-state index contributed by atoms with van der Waals surface area (Å²) in [6.07, 6.45) is 2.08. The summed E-state index contributed by atoms with van der Waals surface area (Å²) in [6.45, 7) is 11.0. The van der Waals surface area contributed by atoms with E-state index in [9.17, 15) is 9.90 Å². The summed E-state index contributed by atoms with van der Waals surface area (Å²) in [6, 6.07) is 0.131. The first-order valence-corrected chi connectivity index (χ1v) is 7.50. The van der Waals surface area contributed by atoms with E-state index in [2.05, 4.69) is 38.3 Å². The third-order valence-electron chi connectivity index (χ3n) is 3.75. The van der Waals surface area contributed by atoms with Crippen LogP contribution in [0.1, 0.15) is 53.9 Å². The van der Waals surface area contributed by atoms with E-state index in [1.165, 1.54) is 0 Å². The fourth-order valence-electron chi connectivity index (χ4n) is 3.19. The van der Waals surface area contributed by atoms with Crippen LogP contribution in [-0.2, 0) is 0 Å². The number of aliphatic hydroxyl groups is 1. The highest BCUT2D eigenvalue weighted by Gasteiger charge is 2.38. The zero-order valence-corrected chi connectivity index (χ0v) is 13.8. The molecule has 0 aromatic carbocycles. The Hall–Kier alpha value is -0.810. The van der Waals surface area contributed by atoms with Gasteiger partial charge in [0.25, 0.3) is 0 Å². The number of carbonyl (C=O) groups is 1. The summed E-state index contributed by atoms with van der Waals surface area (Å²) < 4.78 is 0. The summed E-state index contributed by atoms with van der Waals surface area (Å²) in [7, 11) is 1.77. The van der Waals surface area contributed by atoms with Gasteiger partial charge in [0, 0.05) is 30.7 Å². The number of hydrogen-bond donors (Lipinski definition) is 3. The highest BCUT2D eigenvalue weighted by molar-refractivity contribution is 5.74. The molecule has 1 atom stereocenters. The lowest BCUT2D eigenvalue weighted by Crippen LogP contribution is -2.62. The van der Waals surface area contributed by atoms with Crippen LogP contribution in [0, 0.1) is 0 Å². The van der Waals surface area contributed by atoms with Crippen molar-refractivity contribution in [3.05, 3.63) is 0 Å². The lowest BCUT2D eigenvalue weighted by molar-refractivity contribution is 0.137. The van der Waals surface area contributed by atoms with Gasteiger partial charge in [-0.25, -0.2) is 4.79 Å². The smallest absolute Gasteiger partial charge is 0.317 e. The number of rotatable bonds is 4. The second kappa shape index (κ2) is 6.31. The molecule has 1 fully saturated rings. The quantitative estimate of drug-likeness (QED) is 0.737. The van der Waals surface area contributed by atoms with Gasteiger partial charge in [-0.05, 0) is 53.9 Å². The SMILES string of the molecule is CC(O)CCN(C)C(=O)NC1CC(C)(C)NC(C)(C)C1. The fraction of sp³-hybridized carbons (Fsp3) is 0.933. The lowest BCUT2D eigenvalue weighted by atomic mass is 9.80. The fourth-order valence-corrected chi connectivity index (χ4v) is 3.19. The molecule has 1 aliphatic rings. The summed E-state index contributed by atoms with van der Waals surface area (Å²) in [5, 5.41) is 16.0. The van der Waals surface area contributed by atoms with E-state index < -0.39 is 0 Å². The molecular weight excluding hydrogens is 254 g/mol. The molecule has 118 valence electrons. The van der Waals surface area contributed by atoms with E-state index in [4.69, 9.17) is 0 Å². The third-order valence-corrected chi connectivity index (χ3v) is 3.75. The van der Waals surface area contributed by atoms with Crippen molar-refractivity contribution >= 4 is 6.03 Å². The molecule has 5 nitrogen and oxygen atoms in total. The van der Waals surface area contributed by atoms with E-state index in [1.807, 2.05) is 0 Å². The van der Waals surface area contributed by atoms with Crippen molar-refractivity contribution in [2.75, 3.05) is 13.6 Å². The highest BCUT2D eigenvalue weighted by atomic mass is 16.3. The van der Waals surface area contributed by atoms with Crippen LogP contribution in [-0.4, -0.2) is 52.9 Å².